The quantitative estimate of drug-likeness (QED) is 0.649. The summed E-state index contributed by atoms with van der Waals surface area (Å²) in [6.07, 6.45) is 3.83. The van der Waals surface area contributed by atoms with Crippen molar-refractivity contribution >= 4 is 0 Å². The molecule has 0 spiro atoms. The van der Waals surface area contributed by atoms with Crippen molar-refractivity contribution in [1.29, 1.82) is 0 Å². The van der Waals surface area contributed by atoms with E-state index in [9.17, 15) is 0 Å². The van der Waals surface area contributed by atoms with Gasteiger partial charge in [0.15, 0.2) is 0 Å². The maximum Gasteiger partial charge on any atom is 0.0332 e. The second kappa shape index (κ2) is 4.25. The SMILES string of the molecule is C=C(C)CNC1(CN)CCCC1C. The summed E-state index contributed by atoms with van der Waals surface area (Å²) in [5.41, 5.74) is 7.23. The van der Waals surface area contributed by atoms with E-state index in [4.69, 9.17) is 5.73 Å². The minimum atomic E-state index is 0.193. The molecule has 3 N–H and O–H groups in total. The molecule has 2 heteroatoms. The van der Waals surface area contributed by atoms with Crippen molar-refractivity contribution < 1.29 is 0 Å². The van der Waals surface area contributed by atoms with Crippen LogP contribution in [0.4, 0.5) is 0 Å². The molecule has 0 saturated heterocycles. The standard InChI is InChI=1S/C11H22N2/c1-9(2)7-13-11(8-12)6-4-5-10(11)3/h10,13H,1,4-8,12H2,2-3H3. The van der Waals surface area contributed by atoms with Gasteiger partial charge >= 0.3 is 0 Å². The van der Waals surface area contributed by atoms with E-state index in [0.717, 1.165) is 13.1 Å². The van der Waals surface area contributed by atoms with Gasteiger partial charge in [-0.2, -0.15) is 0 Å². The summed E-state index contributed by atoms with van der Waals surface area (Å²) < 4.78 is 0. The summed E-state index contributed by atoms with van der Waals surface area (Å²) in [5.74, 6) is 0.705. The van der Waals surface area contributed by atoms with Gasteiger partial charge in [-0.05, 0) is 25.7 Å². The van der Waals surface area contributed by atoms with Crippen LogP contribution >= 0.6 is 0 Å². The smallest absolute Gasteiger partial charge is 0.0332 e. The van der Waals surface area contributed by atoms with Crippen molar-refractivity contribution in [1.82, 2.24) is 5.32 Å². The third-order valence-corrected chi connectivity index (χ3v) is 3.31. The number of hydrogen-bond acceptors (Lipinski definition) is 2. The number of nitrogens with one attached hydrogen (secondary N) is 1. The van der Waals surface area contributed by atoms with Crippen LogP contribution in [0.25, 0.3) is 0 Å². The molecule has 0 aromatic carbocycles. The Morgan fingerprint density at radius 3 is 2.77 bits per heavy atom. The average molecular weight is 182 g/mol. The molecule has 0 amide bonds. The van der Waals surface area contributed by atoms with Gasteiger partial charge in [-0.15, -0.1) is 0 Å². The first kappa shape index (κ1) is 10.7. The molecule has 76 valence electrons. The van der Waals surface area contributed by atoms with Crippen LogP contribution < -0.4 is 11.1 Å². The van der Waals surface area contributed by atoms with Crippen LogP contribution in [0.5, 0.6) is 0 Å². The zero-order valence-corrected chi connectivity index (χ0v) is 8.90. The molecule has 1 saturated carbocycles. The van der Waals surface area contributed by atoms with Crippen molar-refractivity contribution in [2.45, 2.75) is 38.6 Å². The highest BCUT2D eigenvalue weighted by Gasteiger charge is 2.38. The summed E-state index contributed by atoms with van der Waals surface area (Å²) >= 11 is 0. The van der Waals surface area contributed by atoms with Gasteiger partial charge in [0.1, 0.15) is 0 Å². The van der Waals surface area contributed by atoms with E-state index in [1.165, 1.54) is 24.8 Å². The van der Waals surface area contributed by atoms with Crippen LogP contribution in [-0.2, 0) is 0 Å². The molecule has 13 heavy (non-hydrogen) atoms. The highest BCUT2D eigenvalue weighted by molar-refractivity contribution is 5.02. The number of rotatable bonds is 4. The minimum absolute atomic E-state index is 0.193. The maximum absolute atomic E-state index is 5.85. The summed E-state index contributed by atoms with van der Waals surface area (Å²) in [4.78, 5) is 0. The fourth-order valence-corrected chi connectivity index (χ4v) is 2.21. The fourth-order valence-electron chi connectivity index (χ4n) is 2.21. The second-order valence-corrected chi connectivity index (χ2v) is 4.46. The molecule has 1 aliphatic rings. The lowest BCUT2D eigenvalue weighted by molar-refractivity contribution is 0.275. The highest BCUT2D eigenvalue weighted by atomic mass is 15.0. The third kappa shape index (κ3) is 2.32. The topological polar surface area (TPSA) is 38.0 Å². The summed E-state index contributed by atoms with van der Waals surface area (Å²) in [6, 6.07) is 0. The average Bonchev–Trinajstić information content (AvgIpc) is 2.45. The van der Waals surface area contributed by atoms with Gasteiger partial charge in [0.2, 0.25) is 0 Å². The molecular formula is C11H22N2. The van der Waals surface area contributed by atoms with Crippen molar-refractivity contribution in [2.24, 2.45) is 11.7 Å². The van der Waals surface area contributed by atoms with Crippen LogP contribution in [0.3, 0.4) is 0 Å². The predicted octanol–water partition coefficient (Wildman–Crippen LogP) is 1.67. The second-order valence-electron chi connectivity index (χ2n) is 4.46. The van der Waals surface area contributed by atoms with Crippen molar-refractivity contribution in [2.75, 3.05) is 13.1 Å². The molecule has 0 bridgehead atoms. The van der Waals surface area contributed by atoms with Gasteiger partial charge in [0.25, 0.3) is 0 Å². The molecule has 0 heterocycles. The maximum atomic E-state index is 5.85. The zero-order valence-electron chi connectivity index (χ0n) is 8.90. The molecule has 1 aliphatic carbocycles. The Kier molecular flexibility index (Phi) is 3.51. The molecule has 1 fully saturated rings. The molecule has 2 atom stereocenters. The number of hydrogen-bond donors (Lipinski definition) is 2. The van der Waals surface area contributed by atoms with E-state index in [0.29, 0.717) is 5.92 Å². The Hall–Kier alpha value is -0.340. The molecule has 2 unspecified atom stereocenters. The Bertz CT molecular complexity index is 189. The van der Waals surface area contributed by atoms with Crippen LogP contribution in [0, 0.1) is 5.92 Å². The number of nitrogens with two attached hydrogens (primary N) is 1. The van der Waals surface area contributed by atoms with Crippen molar-refractivity contribution in [3.63, 3.8) is 0 Å². The first-order valence-corrected chi connectivity index (χ1v) is 5.20. The molecule has 0 radical (unpaired) electrons. The van der Waals surface area contributed by atoms with E-state index in [2.05, 4.69) is 25.7 Å². The van der Waals surface area contributed by atoms with Gasteiger partial charge in [-0.25, -0.2) is 0 Å². The minimum Gasteiger partial charge on any atom is -0.329 e. The normalized spacial score (nSPS) is 33.6. The molecule has 0 aromatic heterocycles. The highest BCUT2D eigenvalue weighted by Crippen LogP contribution is 2.34. The lowest BCUT2D eigenvalue weighted by Gasteiger charge is -2.34. The Balaban J connectivity index is 2.53. The van der Waals surface area contributed by atoms with E-state index in [1.807, 2.05) is 0 Å². The third-order valence-electron chi connectivity index (χ3n) is 3.31. The predicted molar refractivity (Wildman–Crippen MR) is 57.6 cm³/mol. The monoisotopic (exact) mass is 182 g/mol. The summed E-state index contributed by atoms with van der Waals surface area (Å²) in [6.45, 7) is 9.91. The summed E-state index contributed by atoms with van der Waals surface area (Å²) in [5, 5.41) is 3.57. The summed E-state index contributed by atoms with van der Waals surface area (Å²) in [7, 11) is 0. The first-order valence-electron chi connectivity index (χ1n) is 5.20. The van der Waals surface area contributed by atoms with Crippen LogP contribution in [0.1, 0.15) is 33.1 Å². The van der Waals surface area contributed by atoms with Crippen LogP contribution in [0.2, 0.25) is 0 Å². The Labute approximate surface area is 81.6 Å². The molecule has 2 nitrogen and oxygen atoms in total. The van der Waals surface area contributed by atoms with E-state index in [1.54, 1.807) is 0 Å². The van der Waals surface area contributed by atoms with Gasteiger partial charge in [-0.1, -0.05) is 25.5 Å². The molecule has 0 aromatic rings. The molecule has 0 aliphatic heterocycles. The fraction of sp³-hybridized carbons (Fsp3) is 0.818. The molecular weight excluding hydrogens is 160 g/mol. The van der Waals surface area contributed by atoms with Crippen molar-refractivity contribution in [3.8, 4) is 0 Å². The van der Waals surface area contributed by atoms with Crippen LogP contribution in [-0.4, -0.2) is 18.6 Å². The van der Waals surface area contributed by atoms with E-state index < -0.39 is 0 Å². The first-order chi connectivity index (χ1) is 6.10. The Morgan fingerprint density at radius 1 is 1.69 bits per heavy atom. The van der Waals surface area contributed by atoms with Crippen LogP contribution in [0.15, 0.2) is 12.2 Å². The lowest BCUT2D eigenvalue weighted by Crippen LogP contribution is -2.53. The van der Waals surface area contributed by atoms with E-state index in [-0.39, 0.29) is 5.54 Å². The van der Waals surface area contributed by atoms with E-state index >= 15 is 0 Å². The van der Waals surface area contributed by atoms with Gasteiger partial charge < -0.3 is 11.1 Å². The van der Waals surface area contributed by atoms with Gasteiger partial charge in [0.05, 0.1) is 0 Å². The van der Waals surface area contributed by atoms with Gasteiger partial charge in [-0.3, -0.25) is 0 Å². The van der Waals surface area contributed by atoms with Gasteiger partial charge in [0, 0.05) is 18.6 Å². The lowest BCUT2D eigenvalue weighted by atomic mass is 9.88. The van der Waals surface area contributed by atoms with Crippen molar-refractivity contribution in [3.05, 3.63) is 12.2 Å². The molecule has 1 rings (SSSR count). The Morgan fingerprint density at radius 2 is 2.38 bits per heavy atom. The largest absolute Gasteiger partial charge is 0.329 e. The zero-order chi connectivity index (χ0) is 9.90.